The van der Waals surface area contributed by atoms with E-state index in [-0.39, 0.29) is 16.8 Å². The molecule has 0 aromatic heterocycles. The molecule has 1 aromatic carbocycles. The van der Waals surface area contributed by atoms with E-state index < -0.39 is 10.0 Å². The molecule has 7 heteroatoms. The van der Waals surface area contributed by atoms with Gasteiger partial charge in [0.15, 0.2) is 11.5 Å². The van der Waals surface area contributed by atoms with Crippen LogP contribution in [0.4, 0.5) is 0 Å². The molecule has 1 N–H and O–H groups in total. The summed E-state index contributed by atoms with van der Waals surface area (Å²) in [6.07, 6.45) is 0. The van der Waals surface area contributed by atoms with Crippen LogP contribution in [-0.2, 0) is 15.9 Å². The maximum atomic E-state index is 12.1. The van der Waals surface area contributed by atoms with Gasteiger partial charge in [-0.15, -0.1) is 11.6 Å². The number of halogens is 1. The summed E-state index contributed by atoms with van der Waals surface area (Å²) in [5, 5.41) is 0. The predicted molar refractivity (Wildman–Crippen MR) is 74.6 cm³/mol. The van der Waals surface area contributed by atoms with E-state index in [0.29, 0.717) is 17.1 Å². The second kappa shape index (κ2) is 6.45. The Morgan fingerprint density at radius 1 is 1.26 bits per heavy atom. The summed E-state index contributed by atoms with van der Waals surface area (Å²) < 4.78 is 37.1. The number of sulfonamides is 1. The van der Waals surface area contributed by atoms with E-state index in [1.54, 1.807) is 13.8 Å². The van der Waals surface area contributed by atoms with Gasteiger partial charge in [-0.25, -0.2) is 13.1 Å². The van der Waals surface area contributed by atoms with Gasteiger partial charge in [0.2, 0.25) is 10.0 Å². The Labute approximate surface area is 118 Å². The van der Waals surface area contributed by atoms with Gasteiger partial charge >= 0.3 is 0 Å². The minimum atomic E-state index is -3.59. The van der Waals surface area contributed by atoms with Crippen LogP contribution in [0.25, 0.3) is 0 Å². The molecular weight excluding hydrogens is 290 g/mol. The van der Waals surface area contributed by atoms with Gasteiger partial charge in [-0.05, 0) is 19.9 Å². The quantitative estimate of drug-likeness (QED) is 0.818. The molecule has 0 saturated heterocycles. The first-order valence-electron chi connectivity index (χ1n) is 5.69. The fourth-order valence-electron chi connectivity index (χ4n) is 1.65. The molecule has 19 heavy (non-hydrogen) atoms. The monoisotopic (exact) mass is 307 g/mol. The minimum absolute atomic E-state index is 0.106. The molecule has 1 aromatic rings. The van der Waals surface area contributed by atoms with E-state index in [9.17, 15) is 8.42 Å². The Bertz CT molecular complexity index is 518. The number of nitrogens with one attached hydrogen (secondary N) is 1. The van der Waals surface area contributed by atoms with Gasteiger partial charge in [-0.3, -0.25) is 0 Å². The third-order valence-corrected chi connectivity index (χ3v) is 4.30. The highest BCUT2D eigenvalue weighted by Crippen LogP contribution is 2.35. The summed E-state index contributed by atoms with van der Waals surface area (Å²) in [5.41, 5.74) is 0.563. The minimum Gasteiger partial charge on any atom is -0.493 e. The molecule has 0 saturated carbocycles. The summed E-state index contributed by atoms with van der Waals surface area (Å²) in [7, 11) is -0.667. The first-order chi connectivity index (χ1) is 8.85. The zero-order valence-corrected chi connectivity index (χ0v) is 12.9. The van der Waals surface area contributed by atoms with E-state index in [1.807, 2.05) is 0 Å². The molecule has 0 aliphatic rings. The fraction of sp³-hybridized carbons (Fsp3) is 0.500. The van der Waals surface area contributed by atoms with Crippen molar-refractivity contribution >= 4 is 21.6 Å². The normalized spacial score (nSPS) is 11.7. The van der Waals surface area contributed by atoms with E-state index in [1.165, 1.54) is 26.4 Å². The third-order valence-electron chi connectivity index (χ3n) is 2.37. The molecule has 108 valence electrons. The number of hydrogen-bond donors (Lipinski definition) is 1. The van der Waals surface area contributed by atoms with Crippen molar-refractivity contribution in [2.24, 2.45) is 0 Å². The van der Waals surface area contributed by atoms with Crippen LogP contribution >= 0.6 is 11.6 Å². The SMILES string of the molecule is COc1cc(S(=O)(=O)NC(C)C)cc(CCl)c1OC. The van der Waals surface area contributed by atoms with Crippen LogP contribution in [-0.4, -0.2) is 28.7 Å². The number of benzene rings is 1. The maximum Gasteiger partial charge on any atom is 0.240 e. The van der Waals surface area contributed by atoms with Crippen molar-refractivity contribution in [3.05, 3.63) is 17.7 Å². The molecule has 0 bridgehead atoms. The summed E-state index contributed by atoms with van der Waals surface area (Å²) in [4.78, 5) is 0.106. The van der Waals surface area contributed by atoms with Gasteiger partial charge in [0.1, 0.15) is 0 Å². The number of ether oxygens (including phenoxy) is 2. The van der Waals surface area contributed by atoms with Gasteiger partial charge in [0.05, 0.1) is 25.0 Å². The smallest absolute Gasteiger partial charge is 0.240 e. The number of hydrogen-bond acceptors (Lipinski definition) is 4. The standard InChI is InChI=1S/C12H18ClNO4S/c1-8(2)14-19(15,16)10-5-9(7-13)12(18-4)11(6-10)17-3/h5-6,8,14H,7H2,1-4H3. The lowest BCUT2D eigenvalue weighted by Gasteiger charge is -2.15. The summed E-state index contributed by atoms with van der Waals surface area (Å²) in [5.74, 6) is 0.913. The van der Waals surface area contributed by atoms with Crippen molar-refractivity contribution in [2.75, 3.05) is 14.2 Å². The zero-order chi connectivity index (χ0) is 14.6. The molecule has 0 spiro atoms. The summed E-state index contributed by atoms with van der Waals surface area (Å²) in [6.45, 7) is 3.50. The van der Waals surface area contributed by atoms with Crippen molar-refractivity contribution in [3.8, 4) is 11.5 Å². The average Bonchev–Trinajstić information content (AvgIpc) is 2.35. The van der Waals surface area contributed by atoms with E-state index in [2.05, 4.69) is 4.72 Å². The van der Waals surface area contributed by atoms with Crippen molar-refractivity contribution in [1.82, 2.24) is 4.72 Å². The van der Waals surface area contributed by atoms with Crippen molar-refractivity contribution in [1.29, 1.82) is 0 Å². The largest absolute Gasteiger partial charge is 0.493 e. The molecule has 0 heterocycles. The molecule has 1 rings (SSSR count). The van der Waals surface area contributed by atoms with Crippen molar-refractivity contribution in [2.45, 2.75) is 30.7 Å². The highest BCUT2D eigenvalue weighted by Gasteiger charge is 2.20. The Morgan fingerprint density at radius 2 is 1.89 bits per heavy atom. The van der Waals surface area contributed by atoms with E-state index in [4.69, 9.17) is 21.1 Å². The Balaban J connectivity index is 3.38. The lowest BCUT2D eigenvalue weighted by Crippen LogP contribution is -2.30. The van der Waals surface area contributed by atoms with Crippen LogP contribution in [0.5, 0.6) is 11.5 Å². The first-order valence-corrected chi connectivity index (χ1v) is 7.70. The second-order valence-electron chi connectivity index (χ2n) is 4.23. The van der Waals surface area contributed by atoms with Gasteiger partial charge in [0.25, 0.3) is 0 Å². The van der Waals surface area contributed by atoms with E-state index in [0.717, 1.165) is 0 Å². The molecule has 0 fully saturated rings. The number of methoxy groups -OCH3 is 2. The van der Waals surface area contributed by atoms with Gasteiger partial charge < -0.3 is 9.47 Å². The molecule has 0 radical (unpaired) electrons. The third kappa shape index (κ3) is 3.75. The highest BCUT2D eigenvalue weighted by atomic mass is 35.5. The lowest BCUT2D eigenvalue weighted by atomic mass is 10.2. The van der Waals surface area contributed by atoms with Gasteiger partial charge in [-0.2, -0.15) is 0 Å². The van der Waals surface area contributed by atoms with E-state index >= 15 is 0 Å². The Hall–Kier alpha value is -0.980. The molecule has 0 aliphatic carbocycles. The van der Waals surface area contributed by atoms with Crippen LogP contribution in [0.1, 0.15) is 19.4 Å². The Kier molecular flexibility index (Phi) is 5.46. The Morgan fingerprint density at radius 3 is 2.32 bits per heavy atom. The van der Waals surface area contributed by atoms with Crippen molar-refractivity contribution < 1.29 is 17.9 Å². The summed E-state index contributed by atoms with van der Waals surface area (Å²) in [6, 6.07) is 2.70. The van der Waals surface area contributed by atoms with Gasteiger partial charge in [0, 0.05) is 17.7 Å². The fourth-order valence-corrected chi connectivity index (χ4v) is 3.16. The molecule has 0 atom stereocenters. The van der Waals surface area contributed by atoms with Crippen molar-refractivity contribution in [3.63, 3.8) is 0 Å². The van der Waals surface area contributed by atoms with Crippen LogP contribution in [0.2, 0.25) is 0 Å². The number of alkyl halides is 1. The molecular formula is C12H18ClNO4S. The maximum absolute atomic E-state index is 12.1. The lowest BCUT2D eigenvalue weighted by molar-refractivity contribution is 0.351. The zero-order valence-electron chi connectivity index (χ0n) is 11.4. The molecule has 0 aliphatic heterocycles. The van der Waals surface area contributed by atoms with Crippen LogP contribution in [0.3, 0.4) is 0 Å². The summed E-state index contributed by atoms with van der Waals surface area (Å²) >= 11 is 5.82. The van der Waals surface area contributed by atoms with Crippen LogP contribution in [0, 0.1) is 0 Å². The topological polar surface area (TPSA) is 64.6 Å². The van der Waals surface area contributed by atoms with Gasteiger partial charge in [-0.1, -0.05) is 0 Å². The predicted octanol–water partition coefficient (Wildman–Crippen LogP) is 2.13. The molecule has 0 amide bonds. The second-order valence-corrected chi connectivity index (χ2v) is 6.21. The average molecular weight is 308 g/mol. The van der Waals surface area contributed by atoms with Crippen LogP contribution in [0.15, 0.2) is 17.0 Å². The first kappa shape index (κ1) is 16.1. The highest BCUT2D eigenvalue weighted by molar-refractivity contribution is 7.89. The number of rotatable bonds is 6. The van der Waals surface area contributed by atoms with Crippen LogP contribution < -0.4 is 14.2 Å². The molecule has 5 nitrogen and oxygen atoms in total. The molecule has 0 unspecified atom stereocenters.